The summed E-state index contributed by atoms with van der Waals surface area (Å²) in [5.74, 6) is -0.167. The van der Waals surface area contributed by atoms with E-state index in [4.69, 9.17) is 0 Å². The summed E-state index contributed by atoms with van der Waals surface area (Å²) in [5, 5.41) is 14.2. The van der Waals surface area contributed by atoms with Gasteiger partial charge in [-0.2, -0.15) is 0 Å². The second kappa shape index (κ2) is 6.01. The predicted octanol–water partition coefficient (Wildman–Crippen LogP) is 2.19. The number of nitrogens with one attached hydrogen (secondary N) is 1. The van der Waals surface area contributed by atoms with Crippen molar-refractivity contribution in [3.63, 3.8) is 0 Å². The summed E-state index contributed by atoms with van der Waals surface area (Å²) in [6.45, 7) is 0.388. The van der Waals surface area contributed by atoms with Crippen LogP contribution in [0.2, 0.25) is 0 Å². The summed E-state index contributed by atoms with van der Waals surface area (Å²) in [6, 6.07) is 14.7. The number of amides is 1. The number of hydrogen-bond acceptors (Lipinski definition) is 3. The molecule has 0 atom stereocenters. The molecule has 0 bridgehead atoms. The molecular formula is C20H20N2O3. The van der Waals surface area contributed by atoms with Crippen molar-refractivity contribution in [2.24, 2.45) is 0 Å². The number of rotatable bonds is 4. The molecule has 1 amide bonds. The Labute approximate surface area is 144 Å². The summed E-state index contributed by atoms with van der Waals surface area (Å²) in [5.41, 5.74) is 0.711. The molecule has 1 saturated carbocycles. The van der Waals surface area contributed by atoms with Crippen molar-refractivity contribution in [3.05, 3.63) is 58.8 Å². The quantitative estimate of drug-likeness (QED) is 0.718. The van der Waals surface area contributed by atoms with Gasteiger partial charge in [0.2, 0.25) is 5.91 Å². The van der Waals surface area contributed by atoms with E-state index in [-0.39, 0.29) is 24.4 Å². The van der Waals surface area contributed by atoms with E-state index in [0.717, 1.165) is 30.3 Å². The molecule has 2 aromatic carbocycles. The van der Waals surface area contributed by atoms with Gasteiger partial charge in [-0.05, 0) is 43.5 Å². The molecule has 0 aliphatic heterocycles. The van der Waals surface area contributed by atoms with Gasteiger partial charge in [-0.15, -0.1) is 0 Å². The number of para-hydroxylation sites is 2. The zero-order valence-electron chi connectivity index (χ0n) is 13.9. The van der Waals surface area contributed by atoms with Crippen LogP contribution < -0.4 is 10.7 Å². The summed E-state index contributed by atoms with van der Waals surface area (Å²) >= 11 is 0. The van der Waals surface area contributed by atoms with Gasteiger partial charge in [-0.3, -0.25) is 9.59 Å². The van der Waals surface area contributed by atoms with E-state index in [1.54, 1.807) is 12.1 Å². The Hall–Kier alpha value is -2.66. The smallest absolute Gasteiger partial charge is 0.240 e. The molecule has 1 aromatic heterocycles. The van der Waals surface area contributed by atoms with Gasteiger partial charge >= 0.3 is 0 Å². The Balaban J connectivity index is 1.73. The fourth-order valence-corrected chi connectivity index (χ4v) is 3.47. The normalized spacial score (nSPS) is 15.9. The van der Waals surface area contributed by atoms with Gasteiger partial charge in [-0.1, -0.05) is 24.3 Å². The highest BCUT2D eigenvalue weighted by molar-refractivity contribution is 5.94. The first-order valence-corrected chi connectivity index (χ1v) is 8.57. The number of nitrogens with zero attached hydrogens (tertiary/aromatic N) is 1. The third kappa shape index (κ3) is 2.81. The van der Waals surface area contributed by atoms with Crippen LogP contribution in [0.5, 0.6) is 0 Å². The van der Waals surface area contributed by atoms with Gasteiger partial charge < -0.3 is 15.0 Å². The highest BCUT2D eigenvalue weighted by atomic mass is 16.3. The Morgan fingerprint density at radius 3 is 2.12 bits per heavy atom. The van der Waals surface area contributed by atoms with Crippen LogP contribution in [-0.2, 0) is 11.3 Å². The average Bonchev–Trinajstić information content (AvgIpc) is 2.62. The lowest BCUT2D eigenvalue weighted by molar-refractivity contribution is -0.124. The average molecular weight is 336 g/mol. The number of aliphatic hydroxyl groups is 1. The molecule has 5 nitrogen and oxygen atoms in total. The van der Waals surface area contributed by atoms with E-state index in [9.17, 15) is 14.7 Å². The number of benzene rings is 2. The van der Waals surface area contributed by atoms with Crippen LogP contribution in [0.25, 0.3) is 21.8 Å². The first-order chi connectivity index (χ1) is 12.1. The van der Waals surface area contributed by atoms with Crippen molar-refractivity contribution in [1.29, 1.82) is 0 Å². The fourth-order valence-electron chi connectivity index (χ4n) is 3.47. The lowest BCUT2D eigenvalue weighted by Gasteiger charge is -2.36. The minimum absolute atomic E-state index is 0.0216. The summed E-state index contributed by atoms with van der Waals surface area (Å²) in [4.78, 5) is 25.1. The van der Waals surface area contributed by atoms with Crippen LogP contribution in [-0.4, -0.2) is 27.7 Å². The number of fused-ring (bicyclic) bond motifs is 2. The Bertz CT molecular complexity index is 958. The van der Waals surface area contributed by atoms with E-state index in [1.807, 2.05) is 41.0 Å². The molecule has 0 unspecified atom stereocenters. The van der Waals surface area contributed by atoms with Crippen LogP contribution in [0.1, 0.15) is 19.3 Å². The van der Waals surface area contributed by atoms with Crippen molar-refractivity contribution in [3.8, 4) is 0 Å². The van der Waals surface area contributed by atoms with Crippen LogP contribution >= 0.6 is 0 Å². The first kappa shape index (κ1) is 15.8. The zero-order valence-corrected chi connectivity index (χ0v) is 13.9. The third-order valence-corrected chi connectivity index (χ3v) is 5.08. The number of aromatic nitrogens is 1. The number of carbonyl (C=O) groups excluding carboxylic acids is 1. The molecule has 1 aliphatic carbocycles. The SMILES string of the molecule is O=C(Cn1c2ccccc2c(=O)c2ccccc21)NCC1(O)CCC1. The Morgan fingerprint density at radius 2 is 1.60 bits per heavy atom. The second-order valence-electron chi connectivity index (χ2n) is 6.80. The van der Waals surface area contributed by atoms with Gasteiger partial charge in [0, 0.05) is 17.3 Å². The van der Waals surface area contributed by atoms with Crippen molar-refractivity contribution in [1.82, 2.24) is 9.88 Å². The van der Waals surface area contributed by atoms with Gasteiger partial charge in [0.15, 0.2) is 5.43 Å². The zero-order chi connectivity index (χ0) is 17.4. The molecule has 128 valence electrons. The lowest BCUT2D eigenvalue weighted by Crippen LogP contribution is -2.48. The second-order valence-corrected chi connectivity index (χ2v) is 6.80. The van der Waals surface area contributed by atoms with Gasteiger partial charge in [0.1, 0.15) is 6.54 Å². The summed E-state index contributed by atoms with van der Waals surface area (Å²) in [7, 11) is 0. The molecule has 2 N–H and O–H groups in total. The maximum atomic E-state index is 12.7. The van der Waals surface area contributed by atoms with Crippen molar-refractivity contribution in [2.45, 2.75) is 31.4 Å². The van der Waals surface area contributed by atoms with Crippen LogP contribution in [0.4, 0.5) is 0 Å². The molecule has 4 rings (SSSR count). The molecule has 1 heterocycles. The number of carbonyl (C=O) groups is 1. The van der Waals surface area contributed by atoms with E-state index in [0.29, 0.717) is 10.8 Å². The number of hydrogen-bond donors (Lipinski definition) is 2. The molecule has 3 aromatic rings. The van der Waals surface area contributed by atoms with Gasteiger partial charge in [0.25, 0.3) is 0 Å². The molecule has 0 radical (unpaired) electrons. The van der Waals surface area contributed by atoms with E-state index in [2.05, 4.69) is 5.32 Å². The highest BCUT2D eigenvalue weighted by Gasteiger charge is 2.34. The predicted molar refractivity (Wildman–Crippen MR) is 97.5 cm³/mol. The minimum Gasteiger partial charge on any atom is -0.388 e. The van der Waals surface area contributed by atoms with Crippen LogP contribution in [0.3, 0.4) is 0 Å². The largest absolute Gasteiger partial charge is 0.388 e. The van der Waals surface area contributed by atoms with Gasteiger partial charge in [0.05, 0.1) is 16.6 Å². The molecule has 1 aliphatic rings. The topological polar surface area (TPSA) is 71.3 Å². The van der Waals surface area contributed by atoms with Crippen molar-refractivity contribution < 1.29 is 9.90 Å². The standard InChI is InChI=1S/C20H20N2O3/c23-18(21-13-20(25)10-5-11-20)12-22-16-8-3-1-6-14(16)19(24)15-7-2-4-9-17(15)22/h1-4,6-9,25H,5,10-13H2,(H,21,23). The Morgan fingerprint density at radius 1 is 1.04 bits per heavy atom. The maximum Gasteiger partial charge on any atom is 0.240 e. The van der Waals surface area contributed by atoms with Crippen LogP contribution in [0.15, 0.2) is 53.3 Å². The minimum atomic E-state index is -0.747. The van der Waals surface area contributed by atoms with Crippen LogP contribution in [0, 0.1) is 0 Å². The fraction of sp³-hybridized carbons (Fsp3) is 0.300. The van der Waals surface area contributed by atoms with Crippen molar-refractivity contribution >= 4 is 27.7 Å². The molecule has 1 fully saturated rings. The molecule has 0 saturated heterocycles. The molecule has 25 heavy (non-hydrogen) atoms. The highest BCUT2D eigenvalue weighted by Crippen LogP contribution is 2.30. The van der Waals surface area contributed by atoms with E-state index < -0.39 is 5.60 Å². The van der Waals surface area contributed by atoms with Gasteiger partial charge in [-0.25, -0.2) is 0 Å². The maximum absolute atomic E-state index is 12.7. The summed E-state index contributed by atoms with van der Waals surface area (Å²) in [6.07, 6.45) is 2.47. The molecule has 5 heteroatoms. The Kier molecular flexibility index (Phi) is 3.81. The van der Waals surface area contributed by atoms with E-state index in [1.165, 1.54) is 0 Å². The third-order valence-electron chi connectivity index (χ3n) is 5.08. The molecule has 0 spiro atoms. The number of pyridine rings is 1. The van der Waals surface area contributed by atoms with E-state index >= 15 is 0 Å². The lowest BCUT2D eigenvalue weighted by atomic mass is 9.80. The first-order valence-electron chi connectivity index (χ1n) is 8.57. The summed E-state index contributed by atoms with van der Waals surface area (Å²) < 4.78 is 1.87. The molecular weight excluding hydrogens is 316 g/mol. The van der Waals surface area contributed by atoms with Crippen molar-refractivity contribution in [2.75, 3.05) is 6.54 Å². The monoisotopic (exact) mass is 336 g/mol.